The second-order valence-electron chi connectivity index (χ2n) is 8.04. The van der Waals surface area contributed by atoms with Gasteiger partial charge in [-0.3, -0.25) is 4.79 Å². The number of carbonyl (C=O) groups is 2. The number of nitrogens with one attached hydrogen (secondary N) is 2. The van der Waals surface area contributed by atoms with Gasteiger partial charge in [-0.1, -0.05) is 62.7 Å². The number of ketones is 1. The summed E-state index contributed by atoms with van der Waals surface area (Å²) in [6.45, 7) is 6.43. The summed E-state index contributed by atoms with van der Waals surface area (Å²) in [5.41, 5.74) is 1.83. The highest BCUT2D eigenvalue weighted by Crippen LogP contribution is 2.32. The van der Waals surface area contributed by atoms with Crippen LogP contribution in [-0.4, -0.2) is 23.5 Å². The number of amides is 2. The Morgan fingerprint density at radius 3 is 2.43 bits per heavy atom. The molecule has 0 bridgehead atoms. The van der Waals surface area contributed by atoms with Gasteiger partial charge in [-0.15, -0.1) is 0 Å². The van der Waals surface area contributed by atoms with E-state index >= 15 is 0 Å². The molecule has 6 heteroatoms. The van der Waals surface area contributed by atoms with Crippen LogP contribution in [0.15, 0.2) is 42.5 Å². The molecule has 0 saturated heterocycles. The Bertz CT molecular complexity index is 830. The molecule has 2 amide bonds. The Labute approximate surface area is 171 Å². The smallest absolute Gasteiger partial charge is 0.319 e. The highest BCUT2D eigenvalue weighted by Gasteiger charge is 2.19. The fourth-order valence-corrected chi connectivity index (χ4v) is 3.11. The van der Waals surface area contributed by atoms with Crippen LogP contribution in [0.1, 0.15) is 38.3 Å². The number of benzene rings is 2. The summed E-state index contributed by atoms with van der Waals surface area (Å²) in [4.78, 5) is 24.4. The largest absolute Gasteiger partial charge is 0.506 e. The van der Waals surface area contributed by atoms with Gasteiger partial charge in [0.2, 0.25) is 0 Å². The van der Waals surface area contributed by atoms with Crippen molar-refractivity contribution >= 4 is 29.1 Å². The van der Waals surface area contributed by atoms with Crippen molar-refractivity contribution in [3.05, 3.63) is 58.6 Å². The maximum Gasteiger partial charge on any atom is 0.319 e. The topological polar surface area (TPSA) is 78.4 Å². The summed E-state index contributed by atoms with van der Waals surface area (Å²) in [5.74, 6) is -0.123. The number of Topliss-reactive ketones (excluding diaryl/α,β-unsaturated/α-hetero) is 1. The van der Waals surface area contributed by atoms with E-state index in [9.17, 15) is 14.7 Å². The van der Waals surface area contributed by atoms with Gasteiger partial charge in [0.05, 0.1) is 5.02 Å². The maximum absolute atomic E-state index is 12.2. The quantitative estimate of drug-likeness (QED) is 0.573. The lowest BCUT2D eigenvalue weighted by Gasteiger charge is -2.17. The summed E-state index contributed by atoms with van der Waals surface area (Å²) in [6.07, 6.45) is 1.17. The van der Waals surface area contributed by atoms with E-state index in [1.165, 1.54) is 6.07 Å². The molecule has 3 N–H and O–H groups in total. The standard InChI is InChI=1S/C22H27ClN2O3/c1-22(2,3)14-18(26)12-16-11-17(13-19(23)20(16)27)25-21(28)24-10-9-15-7-5-4-6-8-15/h4-8,11,13,27H,9-10,12,14H2,1-3H3,(H2,24,25,28). The van der Waals surface area contributed by atoms with Crippen LogP contribution in [0.4, 0.5) is 10.5 Å². The van der Waals surface area contributed by atoms with Crippen molar-refractivity contribution in [3.8, 4) is 5.75 Å². The highest BCUT2D eigenvalue weighted by atomic mass is 35.5. The fraction of sp³-hybridized carbons (Fsp3) is 0.364. The minimum Gasteiger partial charge on any atom is -0.506 e. The second kappa shape index (κ2) is 9.60. The zero-order valence-electron chi connectivity index (χ0n) is 16.5. The van der Waals surface area contributed by atoms with Crippen LogP contribution in [0, 0.1) is 5.41 Å². The molecule has 0 fully saturated rings. The number of halogens is 1. The maximum atomic E-state index is 12.2. The molecule has 0 aliphatic rings. The normalized spacial score (nSPS) is 11.1. The van der Waals surface area contributed by atoms with E-state index in [1.54, 1.807) is 6.07 Å². The lowest BCUT2D eigenvalue weighted by molar-refractivity contribution is -0.120. The molecular formula is C22H27ClN2O3. The number of hydrogen-bond acceptors (Lipinski definition) is 3. The molecule has 2 aromatic carbocycles. The van der Waals surface area contributed by atoms with Crippen LogP contribution in [0.2, 0.25) is 5.02 Å². The number of urea groups is 1. The molecule has 0 saturated carbocycles. The molecule has 0 aliphatic heterocycles. The molecule has 0 atom stereocenters. The van der Waals surface area contributed by atoms with E-state index in [0.717, 1.165) is 12.0 Å². The minimum atomic E-state index is -0.371. The zero-order chi connectivity index (χ0) is 20.7. The van der Waals surface area contributed by atoms with Crippen molar-refractivity contribution in [2.45, 2.75) is 40.0 Å². The summed E-state index contributed by atoms with van der Waals surface area (Å²) in [7, 11) is 0. The molecule has 0 aliphatic carbocycles. The van der Waals surface area contributed by atoms with Gasteiger partial charge >= 0.3 is 6.03 Å². The van der Waals surface area contributed by atoms with Crippen LogP contribution in [0.25, 0.3) is 0 Å². The number of hydrogen-bond donors (Lipinski definition) is 3. The van der Waals surface area contributed by atoms with E-state index in [-0.39, 0.29) is 34.4 Å². The van der Waals surface area contributed by atoms with Crippen LogP contribution >= 0.6 is 11.6 Å². The lowest BCUT2D eigenvalue weighted by Crippen LogP contribution is -2.30. The number of anilines is 1. The van der Waals surface area contributed by atoms with Crippen molar-refractivity contribution < 1.29 is 14.7 Å². The van der Waals surface area contributed by atoms with Crippen LogP contribution in [-0.2, 0) is 17.6 Å². The van der Waals surface area contributed by atoms with Crippen LogP contribution in [0.3, 0.4) is 0 Å². The molecule has 0 radical (unpaired) electrons. The van der Waals surface area contributed by atoms with Crippen molar-refractivity contribution in [2.24, 2.45) is 5.41 Å². The molecule has 5 nitrogen and oxygen atoms in total. The van der Waals surface area contributed by atoms with Gasteiger partial charge in [-0.25, -0.2) is 4.79 Å². The SMILES string of the molecule is CC(C)(C)CC(=O)Cc1cc(NC(=O)NCCc2ccccc2)cc(Cl)c1O. The predicted octanol–water partition coefficient (Wildman–Crippen LogP) is 4.96. The fourth-order valence-electron chi connectivity index (χ4n) is 2.87. The molecule has 28 heavy (non-hydrogen) atoms. The van der Waals surface area contributed by atoms with Gasteiger partial charge in [0, 0.05) is 30.6 Å². The third-order valence-electron chi connectivity index (χ3n) is 4.06. The average molecular weight is 403 g/mol. The predicted molar refractivity (Wildman–Crippen MR) is 113 cm³/mol. The molecule has 0 aromatic heterocycles. The molecule has 0 unspecified atom stereocenters. The number of phenols is 1. The summed E-state index contributed by atoms with van der Waals surface area (Å²) in [5, 5.41) is 15.7. The van der Waals surface area contributed by atoms with E-state index in [0.29, 0.717) is 24.2 Å². The first-order valence-electron chi connectivity index (χ1n) is 9.26. The first kappa shape index (κ1) is 21.8. The molecule has 2 rings (SSSR count). The molecule has 150 valence electrons. The number of aromatic hydroxyl groups is 1. The summed E-state index contributed by atoms with van der Waals surface area (Å²) < 4.78 is 0. The number of phenolic OH excluding ortho intramolecular Hbond substituents is 1. The van der Waals surface area contributed by atoms with Crippen molar-refractivity contribution in [1.82, 2.24) is 5.32 Å². The zero-order valence-corrected chi connectivity index (χ0v) is 17.3. The van der Waals surface area contributed by atoms with E-state index in [1.807, 2.05) is 51.1 Å². The van der Waals surface area contributed by atoms with Crippen LogP contribution < -0.4 is 10.6 Å². The van der Waals surface area contributed by atoms with Crippen LogP contribution in [0.5, 0.6) is 5.75 Å². The van der Waals surface area contributed by atoms with Crippen molar-refractivity contribution in [1.29, 1.82) is 0 Å². The van der Waals surface area contributed by atoms with Gasteiger partial charge in [-0.2, -0.15) is 0 Å². The first-order valence-corrected chi connectivity index (χ1v) is 9.64. The monoisotopic (exact) mass is 402 g/mol. The van der Waals surface area contributed by atoms with Crippen molar-refractivity contribution in [2.75, 3.05) is 11.9 Å². The van der Waals surface area contributed by atoms with Gasteiger partial charge in [0.1, 0.15) is 11.5 Å². The molecular weight excluding hydrogens is 376 g/mol. The Morgan fingerprint density at radius 1 is 1.11 bits per heavy atom. The Hall–Kier alpha value is -2.53. The first-order chi connectivity index (χ1) is 13.1. The Morgan fingerprint density at radius 2 is 1.79 bits per heavy atom. The van der Waals surface area contributed by atoms with Gasteiger partial charge in [-0.05, 0) is 29.5 Å². The van der Waals surface area contributed by atoms with E-state index in [4.69, 9.17) is 11.6 Å². The van der Waals surface area contributed by atoms with Crippen molar-refractivity contribution in [3.63, 3.8) is 0 Å². The molecule has 0 spiro atoms. The average Bonchev–Trinajstić information content (AvgIpc) is 2.58. The van der Waals surface area contributed by atoms with Gasteiger partial charge in [0.15, 0.2) is 0 Å². The number of carbonyl (C=O) groups excluding carboxylic acids is 2. The third-order valence-corrected chi connectivity index (χ3v) is 4.35. The Kier molecular flexibility index (Phi) is 7.46. The highest BCUT2D eigenvalue weighted by molar-refractivity contribution is 6.32. The van der Waals surface area contributed by atoms with E-state index in [2.05, 4.69) is 10.6 Å². The second-order valence-corrected chi connectivity index (χ2v) is 8.44. The summed E-state index contributed by atoms with van der Waals surface area (Å²) in [6, 6.07) is 12.5. The van der Waals surface area contributed by atoms with Gasteiger partial charge in [0.25, 0.3) is 0 Å². The number of rotatable bonds is 7. The third kappa shape index (κ3) is 7.24. The minimum absolute atomic E-state index is 0.00308. The molecule has 2 aromatic rings. The molecule has 0 heterocycles. The Balaban J connectivity index is 1.96. The van der Waals surface area contributed by atoms with Gasteiger partial charge < -0.3 is 15.7 Å². The van der Waals surface area contributed by atoms with E-state index < -0.39 is 0 Å². The summed E-state index contributed by atoms with van der Waals surface area (Å²) >= 11 is 6.07. The lowest BCUT2D eigenvalue weighted by atomic mass is 9.88.